The molecule has 4 heterocycles. The predicted molar refractivity (Wildman–Crippen MR) is 113 cm³/mol. The lowest BCUT2D eigenvalue weighted by atomic mass is 9.92. The van der Waals surface area contributed by atoms with Crippen LogP contribution in [0.25, 0.3) is 22.2 Å². The van der Waals surface area contributed by atoms with Gasteiger partial charge in [0.2, 0.25) is 5.88 Å². The van der Waals surface area contributed by atoms with Crippen LogP contribution in [0.15, 0.2) is 55.0 Å². The molecule has 0 radical (unpaired) electrons. The molecule has 0 unspecified atom stereocenters. The third-order valence-corrected chi connectivity index (χ3v) is 5.57. The zero-order valence-electron chi connectivity index (χ0n) is 16.1. The summed E-state index contributed by atoms with van der Waals surface area (Å²) in [5.74, 6) is 0.900. The quantitative estimate of drug-likeness (QED) is 0.483. The van der Waals surface area contributed by atoms with E-state index in [1.807, 2.05) is 24.3 Å². The number of rotatable bonds is 4. The standard InChI is InChI=1S/C22H17ClFN5O/c1-30-22-15(3-2-8-27-22)21-20(25-9-10-26-21)14-11-29(12-14)17-7-5-13-4-6-16(23)18(24)19(13)28-17/h2-10,14H,11-12H2,1H3. The van der Waals surface area contributed by atoms with Crippen molar-refractivity contribution in [2.75, 3.05) is 25.1 Å². The van der Waals surface area contributed by atoms with E-state index >= 15 is 0 Å². The summed E-state index contributed by atoms with van der Waals surface area (Å²) in [5, 5.41) is 0.792. The van der Waals surface area contributed by atoms with Crippen molar-refractivity contribution in [2.24, 2.45) is 0 Å². The molecule has 5 rings (SSSR count). The lowest BCUT2D eigenvalue weighted by molar-refractivity contribution is 0.399. The molecule has 0 spiro atoms. The fourth-order valence-corrected chi connectivity index (χ4v) is 3.88. The fourth-order valence-electron chi connectivity index (χ4n) is 3.72. The van der Waals surface area contributed by atoms with E-state index in [-0.39, 0.29) is 16.5 Å². The van der Waals surface area contributed by atoms with Crippen LogP contribution in [0.4, 0.5) is 10.2 Å². The van der Waals surface area contributed by atoms with E-state index in [2.05, 4.69) is 24.8 Å². The van der Waals surface area contributed by atoms with Crippen molar-refractivity contribution >= 4 is 28.3 Å². The van der Waals surface area contributed by atoms with Crippen molar-refractivity contribution in [3.05, 3.63) is 71.5 Å². The zero-order chi connectivity index (χ0) is 20.7. The van der Waals surface area contributed by atoms with Gasteiger partial charge in [-0.1, -0.05) is 17.7 Å². The molecule has 8 heteroatoms. The number of hydrogen-bond acceptors (Lipinski definition) is 6. The highest BCUT2D eigenvalue weighted by Crippen LogP contribution is 2.37. The minimum Gasteiger partial charge on any atom is -0.481 e. The van der Waals surface area contributed by atoms with Gasteiger partial charge in [-0.3, -0.25) is 9.97 Å². The molecule has 0 aliphatic carbocycles. The highest BCUT2D eigenvalue weighted by molar-refractivity contribution is 6.31. The van der Waals surface area contributed by atoms with Gasteiger partial charge in [-0.25, -0.2) is 14.4 Å². The molecule has 0 saturated carbocycles. The number of halogens is 2. The highest BCUT2D eigenvalue weighted by Gasteiger charge is 2.33. The first-order valence-corrected chi connectivity index (χ1v) is 9.83. The first-order valence-electron chi connectivity index (χ1n) is 9.45. The third-order valence-electron chi connectivity index (χ3n) is 5.28. The van der Waals surface area contributed by atoms with E-state index < -0.39 is 5.82 Å². The molecule has 1 aromatic carbocycles. The molecule has 1 aliphatic heterocycles. The summed E-state index contributed by atoms with van der Waals surface area (Å²) < 4.78 is 19.8. The summed E-state index contributed by atoms with van der Waals surface area (Å²) in [7, 11) is 1.59. The van der Waals surface area contributed by atoms with Crippen molar-refractivity contribution in [3.63, 3.8) is 0 Å². The Kier molecular flexibility index (Phi) is 4.67. The topological polar surface area (TPSA) is 64.0 Å². The molecule has 1 saturated heterocycles. The normalized spacial score (nSPS) is 14.0. The number of benzene rings is 1. The van der Waals surface area contributed by atoms with Crippen LogP contribution < -0.4 is 9.64 Å². The van der Waals surface area contributed by atoms with Gasteiger partial charge in [-0.05, 0) is 30.3 Å². The lowest BCUT2D eigenvalue weighted by Crippen LogP contribution is -2.46. The summed E-state index contributed by atoms with van der Waals surface area (Å²) in [5.41, 5.74) is 2.73. The first-order chi connectivity index (χ1) is 14.7. The predicted octanol–water partition coefficient (Wildman–Crippen LogP) is 4.49. The number of hydrogen-bond donors (Lipinski definition) is 0. The number of anilines is 1. The van der Waals surface area contributed by atoms with E-state index in [4.69, 9.17) is 16.3 Å². The van der Waals surface area contributed by atoms with E-state index in [1.54, 1.807) is 37.8 Å². The number of ether oxygens (including phenoxy) is 1. The first kappa shape index (κ1) is 18.7. The second kappa shape index (κ2) is 7.50. The lowest BCUT2D eigenvalue weighted by Gasteiger charge is -2.40. The molecule has 150 valence electrons. The molecule has 0 amide bonds. The molecule has 1 aliphatic rings. The number of aromatic nitrogens is 4. The van der Waals surface area contributed by atoms with Crippen LogP contribution in [0.1, 0.15) is 11.6 Å². The van der Waals surface area contributed by atoms with E-state index in [9.17, 15) is 4.39 Å². The molecule has 0 bridgehead atoms. The average Bonchev–Trinajstić information content (AvgIpc) is 2.76. The second-order valence-electron chi connectivity index (χ2n) is 7.05. The highest BCUT2D eigenvalue weighted by atomic mass is 35.5. The second-order valence-corrected chi connectivity index (χ2v) is 7.46. The molecule has 4 aromatic rings. The Hall–Kier alpha value is -3.32. The van der Waals surface area contributed by atoms with Crippen molar-refractivity contribution in [1.82, 2.24) is 19.9 Å². The van der Waals surface area contributed by atoms with Crippen molar-refractivity contribution in [3.8, 4) is 17.1 Å². The third kappa shape index (κ3) is 3.11. The number of nitrogens with zero attached hydrogens (tertiary/aromatic N) is 5. The molecular weight excluding hydrogens is 405 g/mol. The van der Waals surface area contributed by atoms with Crippen molar-refractivity contribution < 1.29 is 9.13 Å². The maximum atomic E-state index is 14.4. The van der Waals surface area contributed by atoms with Crippen LogP contribution in [-0.4, -0.2) is 40.1 Å². The van der Waals surface area contributed by atoms with Gasteiger partial charge in [0.05, 0.1) is 29.1 Å². The van der Waals surface area contributed by atoms with Gasteiger partial charge in [-0.2, -0.15) is 0 Å². The van der Waals surface area contributed by atoms with Gasteiger partial charge < -0.3 is 9.64 Å². The van der Waals surface area contributed by atoms with E-state index in [0.29, 0.717) is 24.8 Å². The van der Waals surface area contributed by atoms with Gasteiger partial charge in [0.25, 0.3) is 0 Å². The Morgan fingerprint density at radius 3 is 2.67 bits per heavy atom. The van der Waals surface area contributed by atoms with Crippen LogP contribution >= 0.6 is 11.6 Å². The molecule has 0 atom stereocenters. The summed E-state index contributed by atoms with van der Waals surface area (Å²) >= 11 is 5.91. The van der Waals surface area contributed by atoms with Gasteiger partial charge in [-0.15, -0.1) is 0 Å². The average molecular weight is 422 g/mol. The van der Waals surface area contributed by atoms with Crippen LogP contribution in [-0.2, 0) is 0 Å². The zero-order valence-corrected chi connectivity index (χ0v) is 16.8. The van der Waals surface area contributed by atoms with Crippen LogP contribution in [0.3, 0.4) is 0 Å². The molecule has 6 nitrogen and oxygen atoms in total. The van der Waals surface area contributed by atoms with E-state index in [0.717, 1.165) is 22.3 Å². The molecule has 3 aromatic heterocycles. The fraction of sp³-hybridized carbons (Fsp3) is 0.182. The van der Waals surface area contributed by atoms with E-state index in [1.165, 1.54) is 0 Å². The molecule has 1 fully saturated rings. The maximum absolute atomic E-state index is 14.4. The minimum absolute atomic E-state index is 0.0725. The summed E-state index contributed by atoms with van der Waals surface area (Å²) in [4.78, 5) is 20.0. The van der Waals surface area contributed by atoms with Gasteiger partial charge >= 0.3 is 0 Å². The number of pyridine rings is 2. The largest absolute Gasteiger partial charge is 0.481 e. The van der Waals surface area contributed by atoms with Gasteiger partial charge in [0.15, 0.2) is 5.82 Å². The SMILES string of the molecule is COc1ncccc1-c1nccnc1C1CN(c2ccc3ccc(Cl)c(F)c3n2)C1. The Morgan fingerprint density at radius 1 is 1.03 bits per heavy atom. The Morgan fingerprint density at radius 2 is 1.83 bits per heavy atom. The van der Waals surface area contributed by atoms with Crippen LogP contribution in [0, 0.1) is 5.82 Å². The number of fused-ring (bicyclic) bond motifs is 1. The Labute approximate surface area is 177 Å². The minimum atomic E-state index is -0.493. The summed E-state index contributed by atoms with van der Waals surface area (Å²) in [6.07, 6.45) is 5.04. The summed E-state index contributed by atoms with van der Waals surface area (Å²) in [6, 6.07) is 10.8. The van der Waals surface area contributed by atoms with Crippen LogP contribution in [0.5, 0.6) is 5.88 Å². The maximum Gasteiger partial charge on any atom is 0.222 e. The molecule has 30 heavy (non-hydrogen) atoms. The number of methoxy groups -OCH3 is 1. The summed E-state index contributed by atoms with van der Waals surface area (Å²) in [6.45, 7) is 1.41. The van der Waals surface area contributed by atoms with Crippen molar-refractivity contribution in [2.45, 2.75) is 5.92 Å². The molecule has 0 N–H and O–H groups in total. The van der Waals surface area contributed by atoms with Gasteiger partial charge in [0.1, 0.15) is 11.3 Å². The van der Waals surface area contributed by atoms with Crippen molar-refractivity contribution in [1.29, 1.82) is 0 Å². The van der Waals surface area contributed by atoms with Crippen LogP contribution in [0.2, 0.25) is 5.02 Å². The van der Waals surface area contributed by atoms with Gasteiger partial charge in [0, 0.05) is 43.0 Å². The Bertz CT molecular complexity index is 1250. The Balaban J connectivity index is 1.43. The smallest absolute Gasteiger partial charge is 0.222 e. The molecular formula is C22H17ClFN5O. The monoisotopic (exact) mass is 421 g/mol.